The van der Waals surface area contributed by atoms with Crippen LogP contribution in [-0.4, -0.2) is 22.8 Å². The van der Waals surface area contributed by atoms with Crippen LogP contribution in [0.3, 0.4) is 0 Å². The molecule has 0 amide bonds. The summed E-state index contributed by atoms with van der Waals surface area (Å²) in [5.74, 6) is 1.79. The maximum atomic E-state index is 5.31. The zero-order valence-electron chi connectivity index (χ0n) is 7.36. The van der Waals surface area contributed by atoms with Crippen LogP contribution in [0, 0.1) is 12.8 Å². The zero-order valence-corrected chi connectivity index (χ0v) is 7.36. The minimum absolute atomic E-state index is 0.692. The lowest BCUT2D eigenvalue weighted by Gasteiger charge is -2.09. The van der Waals surface area contributed by atoms with Gasteiger partial charge in [0.1, 0.15) is 5.82 Å². The quantitative estimate of drug-likeness (QED) is 0.660. The van der Waals surface area contributed by atoms with Crippen molar-refractivity contribution < 1.29 is 4.74 Å². The largest absolute Gasteiger partial charge is 0.381 e. The van der Waals surface area contributed by atoms with Crippen LogP contribution < -0.4 is 0 Å². The van der Waals surface area contributed by atoms with E-state index in [1.54, 1.807) is 0 Å². The highest BCUT2D eigenvalue weighted by Gasteiger charge is 2.16. The number of aromatic nitrogens is 2. The minimum atomic E-state index is 0.692. The van der Waals surface area contributed by atoms with Crippen molar-refractivity contribution >= 4 is 0 Å². The molecule has 1 aromatic heterocycles. The summed E-state index contributed by atoms with van der Waals surface area (Å²) in [4.78, 5) is 4.18. The number of imidazole rings is 1. The summed E-state index contributed by atoms with van der Waals surface area (Å²) in [7, 11) is 0. The van der Waals surface area contributed by atoms with Gasteiger partial charge in [-0.1, -0.05) is 0 Å². The van der Waals surface area contributed by atoms with E-state index in [0.717, 1.165) is 25.6 Å². The molecule has 3 heteroatoms. The minimum Gasteiger partial charge on any atom is -0.381 e. The molecule has 12 heavy (non-hydrogen) atoms. The van der Waals surface area contributed by atoms with Crippen molar-refractivity contribution in [1.29, 1.82) is 0 Å². The first-order valence-electron chi connectivity index (χ1n) is 4.42. The molecule has 0 aromatic carbocycles. The molecule has 0 bridgehead atoms. The number of rotatable bonds is 2. The fraction of sp³-hybridized carbons (Fsp3) is 0.667. The van der Waals surface area contributed by atoms with Gasteiger partial charge in [0, 0.05) is 31.5 Å². The number of ether oxygens (including phenoxy) is 1. The highest BCUT2D eigenvalue weighted by atomic mass is 16.5. The molecule has 0 saturated carbocycles. The molecule has 1 fully saturated rings. The molecule has 1 aliphatic heterocycles. The van der Waals surface area contributed by atoms with Gasteiger partial charge in [-0.25, -0.2) is 4.98 Å². The van der Waals surface area contributed by atoms with Gasteiger partial charge in [0.25, 0.3) is 0 Å². The topological polar surface area (TPSA) is 27.1 Å². The average Bonchev–Trinajstić information content (AvgIpc) is 2.65. The Hall–Kier alpha value is -0.830. The third kappa shape index (κ3) is 1.50. The second kappa shape index (κ2) is 3.27. The summed E-state index contributed by atoms with van der Waals surface area (Å²) >= 11 is 0. The van der Waals surface area contributed by atoms with Gasteiger partial charge in [-0.05, 0) is 13.3 Å². The van der Waals surface area contributed by atoms with Gasteiger partial charge >= 0.3 is 0 Å². The molecule has 1 unspecified atom stereocenters. The smallest absolute Gasteiger partial charge is 0.105 e. The second-order valence-electron chi connectivity index (χ2n) is 3.36. The van der Waals surface area contributed by atoms with Crippen LogP contribution in [0.1, 0.15) is 12.2 Å². The lowest BCUT2D eigenvalue weighted by Crippen LogP contribution is -2.10. The summed E-state index contributed by atoms with van der Waals surface area (Å²) in [5, 5.41) is 0. The van der Waals surface area contributed by atoms with Gasteiger partial charge in [0.2, 0.25) is 0 Å². The van der Waals surface area contributed by atoms with Gasteiger partial charge in [-0.15, -0.1) is 0 Å². The summed E-state index contributed by atoms with van der Waals surface area (Å²) in [6.45, 7) is 4.94. The molecule has 2 rings (SSSR count). The molecule has 0 spiro atoms. The van der Waals surface area contributed by atoms with Crippen molar-refractivity contribution in [3.63, 3.8) is 0 Å². The molecule has 0 aliphatic carbocycles. The maximum absolute atomic E-state index is 5.31. The van der Waals surface area contributed by atoms with E-state index in [4.69, 9.17) is 4.74 Å². The molecular formula is C9H14N2O. The monoisotopic (exact) mass is 166 g/mol. The Morgan fingerprint density at radius 3 is 3.25 bits per heavy atom. The van der Waals surface area contributed by atoms with E-state index >= 15 is 0 Å². The van der Waals surface area contributed by atoms with Crippen LogP contribution in [0.15, 0.2) is 12.4 Å². The average molecular weight is 166 g/mol. The molecule has 1 aromatic rings. The lowest BCUT2D eigenvalue weighted by molar-refractivity contribution is 0.182. The first-order valence-corrected chi connectivity index (χ1v) is 4.42. The highest BCUT2D eigenvalue weighted by Crippen LogP contribution is 2.15. The van der Waals surface area contributed by atoms with Crippen LogP contribution >= 0.6 is 0 Å². The summed E-state index contributed by atoms with van der Waals surface area (Å²) in [6.07, 6.45) is 5.08. The van der Waals surface area contributed by atoms with Crippen LogP contribution in [0.2, 0.25) is 0 Å². The zero-order chi connectivity index (χ0) is 8.39. The molecule has 3 nitrogen and oxygen atoms in total. The predicted molar refractivity (Wildman–Crippen MR) is 45.9 cm³/mol. The van der Waals surface area contributed by atoms with Gasteiger partial charge in [-0.2, -0.15) is 0 Å². The highest BCUT2D eigenvalue weighted by molar-refractivity contribution is 4.89. The third-order valence-corrected chi connectivity index (χ3v) is 2.40. The second-order valence-corrected chi connectivity index (χ2v) is 3.36. The number of aryl methyl sites for hydroxylation is 1. The van der Waals surface area contributed by atoms with Gasteiger partial charge < -0.3 is 9.30 Å². The van der Waals surface area contributed by atoms with Crippen molar-refractivity contribution in [3.05, 3.63) is 18.2 Å². The lowest BCUT2D eigenvalue weighted by atomic mass is 10.1. The Kier molecular flexibility index (Phi) is 2.13. The fourth-order valence-corrected chi connectivity index (χ4v) is 1.60. The van der Waals surface area contributed by atoms with E-state index in [2.05, 4.69) is 9.55 Å². The van der Waals surface area contributed by atoms with Gasteiger partial charge in [0.15, 0.2) is 0 Å². The van der Waals surface area contributed by atoms with Crippen LogP contribution in [-0.2, 0) is 11.3 Å². The van der Waals surface area contributed by atoms with E-state index in [1.807, 2.05) is 19.3 Å². The summed E-state index contributed by atoms with van der Waals surface area (Å²) in [5.41, 5.74) is 0. The number of nitrogens with zero attached hydrogens (tertiary/aromatic N) is 2. The normalized spacial score (nSPS) is 23.2. The van der Waals surface area contributed by atoms with Crippen molar-refractivity contribution in [3.8, 4) is 0 Å². The third-order valence-electron chi connectivity index (χ3n) is 2.40. The van der Waals surface area contributed by atoms with E-state index in [0.29, 0.717) is 5.92 Å². The summed E-state index contributed by atoms with van der Waals surface area (Å²) < 4.78 is 7.51. The molecular weight excluding hydrogens is 152 g/mol. The van der Waals surface area contributed by atoms with Gasteiger partial charge in [-0.3, -0.25) is 0 Å². The molecule has 1 atom stereocenters. The SMILES string of the molecule is Cc1nccn1CC1CCOC1. The van der Waals surface area contributed by atoms with Crippen LogP contribution in [0.25, 0.3) is 0 Å². The Labute approximate surface area is 72.4 Å². The fourth-order valence-electron chi connectivity index (χ4n) is 1.60. The predicted octanol–water partition coefficient (Wildman–Crippen LogP) is 1.23. The van der Waals surface area contributed by atoms with E-state index in [-0.39, 0.29) is 0 Å². The standard InChI is InChI=1S/C9H14N2O/c1-8-10-3-4-11(8)6-9-2-5-12-7-9/h3-4,9H,2,5-7H2,1H3. The Balaban J connectivity index is 1.98. The van der Waals surface area contributed by atoms with Crippen molar-refractivity contribution in [2.24, 2.45) is 5.92 Å². The summed E-state index contributed by atoms with van der Waals surface area (Å²) in [6, 6.07) is 0. The van der Waals surface area contributed by atoms with E-state index in [9.17, 15) is 0 Å². The molecule has 1 saturated heterocycles. The van der Waals surface area contributed by atoms with Crippen molar-refractivity contribution in [1.82, 2.24) is 9.55 Å². The Bertz CT molecular complexity index is 251. The molecule has 1 aliphatic rings. The number of hydrogen-bond acceptors (Lipinski definition) is 2. The first kappa shape index (κ1) is 7.80. The van der Waals surface area contributed by atoms with Crippen molar-refractivity contribution in [2.75, 3.05) is 13.2 Å². The molecule has 0 N–H and O–H groups in total. The van der Waals surface area contributed by atoms with Crippen LogP contribution in [0.4, 0.5) is 0 Å². The Morgan fingerprint density at radius 2 is 2.67 bits per heavy atom. The van der Waals surface area contributed by atoms with E-state index in [1.165, 1.54) is 6.42 Å². The molecule has 2 heterocycles. The van der Waals surface area contributed by atoms with Crippen molar-refractivity contribution in [2.45, 2.75) is 19.9 Å². The van der Waals surface area contributed by atoms with E-state index < -0.39 is 0 Å². The maximum Gasteiger partial charge on any atom is 0.105 e. The van der Waals surface area contributed by atoms with Gasteiger partial charge in [0.05, 0.1) is 6.61 Å². The molecule has 66 valence electrons. The first-order chi connectivity index (χ1) is 5.86. The number of hydrogen-bond donors (Lipinski definition) is 0. The van der Waals surface area contributed by atoms with Crippen LogP contribution in [0.5, 0.6) is 0 Å². The molecule has 0 radical (unpaired) electrons. The Morgan fingerprint density at radius 1 is 1.75 bits per heavy atom.